The molecule has 4 rings (SSSR count). The van der Waals surface area contributed by atoms with Gasteiger partial charge in [0.1, 0.15) is 23.3 Å². The average Bonchev–Trinajstić information content (AvgIpc) is 2.92. The van der Waals surface area contributed by atoms with Crippen LogP contribution in [-0.2, 0) is 23.0 Å². The fraction of sp³-hybridized carbons (Fsp3) is 0.263. The van der Waals surface area contributed by atoms with Gasteiger partial charge in [0.15, 0.2) is 5.82 Å². The molecule has 2 heterocycles. The van der Waals surface area contributed by atoms with Crippen molar-refractivity contribution < 1.29 is 21.6 Å². The molecule has 29 heavy (non-hydrogen) atoms. The van der Waals surface area contributed by atoms with Crippen LogP contribution in [0.15, 0.2) is 41.3 Å². The summed E-state index contributed by atoms with van der Waals surface area (Å²) in [5.41, 5.74) is -0.486. The topological polar surface area (TPSA) is 76.9 Å². The maximum atomic E-state index is 14.5. The fourth-order valence-corrected chi connectivity index (χ4v) is 4.36. The van der Waals surface area contributed by atoms with Crippen LogP contribution < -0.4 is 4.72 Å². The van der Waals surface area contributed by atoms with Gasteiger partial charge in [-0.05, 0) is 43.2 Å². The molecule has 6 nitrogen and oxygen atoms in total. The van der Waals surface area contributed by atoms with E-state index in [9.17, 15) is 21.6 Å². The molecule has 10 heteroatoms. The summed E-state index contributed by atoms with van der Waals surface area (Å²) < 4.78 is 70.8. The second kappa shape index (κ2) is 7.51. The fourth-order valence-electron chi connectivity index (χ4n) is 3.30. The van der Waals surface area contributed by atoms with Gasteiger partial charge in [0.2, 0.25) is 0 Å². The van der Waals surface area contributed by atoms with Crippen LogP contribution in [-0.4, -0.2) is 23.2 Å². The van der Waals surface area contributed by atoms with Gasteiger partial charge >= 0.3 is 0 Å². The van der Waals surface area contributed by atoms with Crippen LogP contribution >= 0.6 is 0 Å². The third-order valence-corrected chi connectivity index (χ3v) is 6.16. The summed E-state index contributed by atoms with van der Waals surface area (Å²) in [5.74, 6) is -1.61. The van der Waals surface area contributed by atoms with E-state index in [0.717, 1.165) is 55.4 Å². The van der Waals surface area contributed by atoms with Crippen molar-refractivity contribution in [2.45, 2.75) is 37.1 Å². The number of aromatic nitrogens is 3. The van der Waals surface area contributed by atoms with E-state index in [1.807, 2.05) is 0 Å². The van der Waals surface area contributed by atoms with Crippen LogP contribution in [0.1, 0.15) is 25.1 Å². The first-order chi connectivity index (χ1) is 13.8. The average molecular weight is 422 g/mol. The molecule has 2 aromatic carbocycles. The molecule has 3 aromatic rings. The van der Waals surface area contributed by atoms with Gasteiger partial charge in [0.25, 0.3) is 10.0 Å². The highest BCUT2D eigenvalue weighted by molar-refractivity contribution is 7.92. The number of aryl methyl sites for hydroxylation is 1. The molecule has 0 saturated carbocycles. The van der Waals surface area contributed by atoms with E-state index >= 15 is 0 Å². The molecule has 0 saturated heterocycles. The maximum absolute atomic E-state index is 14.5. The van der Waals surface area contributed by atoms with E-state index in [1.165, 1.54) is 0 Å². The third kappa shape index (κ3) is 3.84. The lowest BCUT2D eigenvalue weighted by molar-refractivity contribution is 0.581. The second-order valence-electron chi connectivity index (χ2n) is 6.77. The number of fused-ring (bicyclic) bond motifs is 1. The lowest BCUT2D eigenvalue weighted by Crippen LogP contribution is -2.14. The van der Waals surface area contributed by atoms with Crippen LogP contribution in [0, 0.1) is 17.5 Å². The molecule has 0 unspecified atom stereocenters. The summed E-state index contributed by atoms with van der Waals surface area (Å²) in [7, 11) is -4.20. The van der Waals surface area contributed by atoms with E-state index in [4.69, 9.17) is 0 Å². The minimum Gasteiger partial charge on any atom is -0.311 e. The number of benzene rings is 2. The van der Waals surface area contributed by atoms with Gasteiger partial charge in [-0.3, -0.25) is 4.72 Å². The Morgan fingerprint density at radius 3 is 2.45 bits per heavy atom. The second-order valence-corrected chi connectivity index (χ2v) is 8.46. The number of nitrogens with zero attached hydrogens (tertiary/aromatic N) is 3. The van der Waals surface area contributed by atoms with Gasteiger partial charge in [-0.25, -0.2) is 21.6 Å². The molecular weight excluding hydrogens is 405 g/mol. The van der Waals surface area contributed by atoms with Gasteiger partial charge in [0, 0.05) is 19.0 Å². The lowest BCUT2D eigenvalue weighted by Gasteiger charge is -2.12. The smallest absolute Gasteiger partial charge is 0.261 e. The Kier molecular flexibility index (Phi) is 5.03. The van der Waals surface area contributed by atoms with Crippen LogP contribution in [0.25, 0.3) is 11.4 Å². The Morgan fingerprint density at radius 2 is 1.69 bits per heavy atom. The van der Waals surface area contributed by atoms with E-state index in [0.29, 0.717) is 19.0 Å². The highest BCUT2D eigenvalue weighted by Gasteiger charge is 2.23. The van der Waals surface area contributed by atoms with E-state index in [2.05, 4.69) is 14.9 Å². The Morgan fingerprint density at radius 1 is 0.931 bits per heavy atom. The van der Waals surface area contributed by atoms with E-state index < -0.39 is 33.2 Å². The van der Waals surface area contributed by atoms with Gasteiger partial charge < -0.3 is 4.57 Å². The number of halogens is 3. The van der Waals surface area contributed by atoms with Crippen LogP contribution in [0.4, 0.5) is 18.9 Å². The molecule has 0 atom stereocenters. The van der Waals surface area contributed by atoms with Crippen LogP contribution in [0.2, 0.25) is 0 Å². The monoisotopic (exact) mass is 422 g/mol. The highest BCUT2D eigenvalue weighted by atomic mass is 32.2. The van der Waals surface area contributed by atoms with Crippen molar-refractivity contribution in [3.8, 4) is 11.4 Å². The highest BCUT2D eigenvalue weighted by Crippen LogP contribution is 2.30. The first-order valence-corrected chi connectivity index (χ1v) is 10.5. The number of sulfonamides is 1. The molecule has 0 aliphatic carbocycles. The molecule has 1 N–H and O–H groups in total. The zero-order chi connectivity index (χ0) is 20.6. The normalized spacial score (nSPS) is 14.3. The van der Waals surface area contributed by atoms with Crippen molar-refractivity contribution in [3.63, 3.8) is 0 Å². The number of rotatable bonds is 4. The summed E-state index contributed by atoms with van der Waals surface area (Å²) in [4.78, 5) is -0.250. The van der Waals surface area contributed by atoms with Crippen molar-refractivity contribution in [2.24, 2.45) is 0 Å². The molecular formula is C19H17F3N4O2S. The van der Waals surface area contributed by atoms with Crippen molar-refractivity contribution in [1.82, 2.24) is 14.8 Å². The Hall–Kier alpha value is -2.88. The molecule has 0 fully saturated rings. The molecule has 1 aliphatic rings. The predicted molar refractivity (Wildman–Crippen MR) is 100 cm³/mol. The summed E-state index contributed by atoms with van der Waals surface area (Å²) >= 11 is 0. The molecule has 0 bridgehead atoms. The van der Waals surface area contributed by atoms with Crippen LogP contribution in [0.3, 0.4) is 0 Å². The van der Waals surface area contributed by atoms with Crippen LogP contribution in [0.5, 0.6) is 0 Å². The zero-order valence-corrected chi connectivity index (χ0v) is 16.0. The molecule has 1 aliphatic heterocycles. The number of nitrogens with one attached hydrogen (secondary N) is 1. The van der Waals surface area contributed by atoms with Crippen molar-refractivity contribution in [3.05, 3.63) is 59.7 Å². The van der Waals surface area contributed by atoms with Crippen molar-refractivity contribution >= 4 is 15.7 Å². The first kappa shape index (κ1) is 19.4. The van der Waals surface area contributed by atoms with Gasteiger partial charge in [-0.2, -0.15) is 0 Å². The lowest BCUT2D eigenvalue weighted by atomic mass is 10.1. The number of hydrogen-bond donors (Lipinski definition) is 1. The molecule has 1 aromatic heterocycles. The third-order valence-electron chi connectivity index (χ3n) is 4.78. The number of hydrogen-bond acceptors (Lipinski definition) is 4. The summed E-state index contributed by atoms with van der Waals surface area (Å²) in [6.45, 7) is 0.602. The van der Waals surface area contributed by atoms with Crippen molar-refractivity contribution in [2.75, 3.05) is 4.72 Å². The standard InChI is InChI=1S/C19H17F3N4O2S/c20-12-5-7-13(8-6-12)29(27,28)25-17-10-14(15(21)11-16(17)22)19-24-23-18-4-2-1-3-9-26(18)19/h5-8,10-11,25H,1-4,9H2. The zero-order valence-electron chi connectivity index (χ0n) is 15.2. The van der Waals surface area contributed by atoms with E-state index in [1.54, 1.807) is 4.57 Å². The van der Waals surface area contributed by atoms with Crippen molar-refractivity contribution in [1.29, 1.82) is 0 Å². The predicted octanol–water partition coefficient (Wildman–Crippen LogP) is 3.89. The maximum Gasteiger partial charge on any atom is 0.261 e. The Labute approximate surface area is 165 Å². The SMILES string of the molecule is O=S(=O)(Nc1cc(-c2nnc3n2CCCCC3)c(F)cc1F)c1ccc(F)cc1. The minimum atomic E-state index is -4.20. The molecule has 0 amide bonds. The summed E-state index contributed by atoms with van der Waals surface area (Å²) in [6.07, 6.45) is 3.55. The van der Waals surface area contributed by atoms with Gasteiger partial charge in [-0.15, -0.1) is 10.2 Å². The summed E-state index contributed by atoms with van der Waals surface area (Å²) in [5, 5.41) is 8.13. The van der Waals surface area contributed by atoms with Gasteiger partial charge in [-0.1, -0.05) is 6.42 Å². The Balaban J connectivity index is 1.73. The molecule has 0 spiro atoms. The largest absolute Gasteiger partial charge is 0.311 e. The Bertz CT molecular complexity index is 1160. The van der Waals surface area contributed by atoms with Gasteiger partial charge in [0.05, 0.1) is 16.1 Å². The first-order valence-electron chi connectivity index (χ1n) is 9.05. The quantitative estimate of drug-likeness (QED) is 0.692. The molecule has 152 valence electrons. The minimum absolute atomic E-state index is 0.0520. The summed E-state index contributed by atoms with van der Waals surface area (Å²) in [6, 6.07) is 5.74. The number of anilines is 1. The van der Waals surface area contributed by atoms with E-state index in [-0.39, 0.29) is 16.3 Å². The molecule has 0 radical (unpaired) electrons.